The number of rotatable bonds is 6. The van der Waals surface area contributed by atoms with E-state index in [0.717, 1.165) is 28.1 Å². The van der Waals surface area contributed by atoms with Gasteiger partial charge in [0, 0.05) is 41.0 Å². The van der Waals surface area contributed by atoms with Crippen molar-refractivity contribution in [2.24, 2.45) is 0 Å². The number of aromatic nitrogens is 3. The number of benzene rings is 2. The minimum absolute atomic E-state index is 0.198. The highest BCUT2D eigenvalue weighted by molar-refractivity contribution is 6.18. The van der Waals surface area contributed by atoms with Crippen LogP contribution >= 0.6 is 11.6 Å². The Balaban J connectivity index is 1.64. The van der Waals surface area contributed by atoms with Crippen LogP contribution in [0.1, 0.15) is 21.5 Å². The van der Waals surface area contributed by atoms with Crippen molar-refractivity contribution in [1.29, 1.82) is 0 Å². The van der Waals surface area contributed by atoms with Gasteiger partial charge in [0.05, 0.1) is 17.3 Å². The quantitative estimate of drug-likeness (QED) is 0.391. The molecular formula is C24H20ClN5O. The number of hydrogen-bond donors (Lipinski definition) is 2. The molecule has 0 spiro atoms. The van der Waals surface area contributed by atoms with E-state index >= 15 is 0 Å². The van der Waals surface area contributed by atoms with Crippen LogP contribution in [0, 0.1) is 6.92 Å². The average Bonchev–Trinajstić information content (AvgIpc) is 2.82. The molecule has 2 aromatic carbocycles. The fourth-order valence-electron chi connectivity index (χ4n) is 3.18. The number of nitrogens with zero attached hydrogens (tertiary/aromatic N) is 3. The average molecular weight is 430 g/mol. The molecule has 2 N–H and O–H groups in total. The first-order chi connectivity index (χ1) is 15.2. The first-order valence-corrected chi connectivity index (χ1v) is 10.2. The van der Waals surface area contributed by atoms with E-state index in [4.69, 9.17) is 11.6 Å². The van der Waals surface area contributed by atoms with Crippen molar-refractivity contribution in [2.75, 3.05) is 10.6 Å². The van der Waals surface area contributed by atoms with Crippen LogP contribution in [0.25, 0.3) is 11.3 Å². The summed E-state index contributed by atoms with van der Waals surface area (Å²) in [6.07, 6.45) is 5.16. The van der Waals surface area contributed by atoms with E-state index in [0.29, 0.717) is 17.2 Å². The highest BCUT2D eigenvalue weighted by Gasteiger charge is 2.15. The summed E-state index contributed by atoms with van der Waals surface area (Å²) in [6.45, 7) is 1.96. The zero-order chi connectivity index (χ0) is 21.6. The summed E-state index contributed by atoms with van der Waals surface area (Å²) < 4.78 is 0. The van der Waals surface area contributed by atoms with E-state index in [1.165, 1.54) is 0 Å². The summed E-state index contributed by atoms with van der Waals surface area (Å²) in [5, 5.41) is 6.23. The molecule has 2 heterocycles. The van der Waals surface area contributed by atoms with Gasteiger partial charge in [-0.1, -0.05) is 24.3 Å². The number of pyridine rings is 1. The lowest BCUT2D eigenvalue weighted by molar-refractivity contribution is 0.102. The molecule has 6 nitrogen and oxygen atoms in total. The molecule has 31 heavy (non-hydrogen) atoms. The predicted octanol–water partition coefficient (Wildman–Crippen LogP) is 5.58. The standard InChI is InChI=1S/C24H20ClN5O/c1-16-9-10-21(28-23(31)17-6-3-2-4-7-17)19(14-25)22(16)30-24-27-13-11-20(29-24)18-8-5-12-26-15-18/h2-13,15H,14H2,1H3,(H,28,31)(H,27,29,30). The van der Waals surface area contributed by atoms with Crippen LogP contribution in [0.4, 0.5) is 17.3 Å². The van der Waals surface area contributed by atoms with Crippen LogP contribution in [-0.4, -0.2) is 20.9 Å². The van der Waals surface area contributed by atoms with Crippen molar-refractivity contribution in [1.82, 2.24) is 15.0 Å². The molecule has 0 aliphatic carbocycles. The van der Waals surface area contributed by atoms with Gasteiger partial charge >= 0.3 is 0 Å². The van der Waals surface area contributed by atoms with Crippen LogP contribution in [0.2, 0.25) is 0 Å². The Hall–Kier alpha value is -3.77. The van der Waals surface area contributed by atoms with Crippen LogP contribution < -0.4 is 10.6 Å². The van der Waals surface area contributed by atoms with Gasteiger partial charge in [0.25, 0.3) is 5.91 Å². The number of carbonyl (C=O) groups excluding carboxylic acids is 1. The number of nitrogens with one attached hydrogen (secondary N) is 2. The third kappa shape index (κ3) is 4.70. The van der Waals surface area contributed by atoms with Gasteiger partial charge in [-0.25, -0.2) is 9.97 Å². The van der Waals surface area contributed by atoms with Crippen LogP contribution in [0.3, 0.4) is 0 Å². The van der Waals surface area contributed by atoms with Gasteiger partial charge in [-0.15, -0.1) is 11.6 Å². The number of amides is 1. The van der Waals surface area contributed by atoms with Crippen molar-refractivity contribution in [3.05, 3.63) is 95.9 Å². The predicted molar refractivity (Wildman–Crippen MR) is 124 cm³/mol. The van der Waals surface area contributed by atoms with Crippen LogP contribution in [0.5, 0.6) is 0 Å². The molecule has 0 fully saturated rings. The molecule has 7 heteroatoms. The molecule has 1 amide bonds. The molecule has 0 atom stereocenters. The number of anilines is 3. The van der Waals surface area contributed by atoms with E-state index in [-0.39, 0.29) is 11.8 Å². The first kappa shape index (κ1) is 20.5. The lowest BCUT2D eigenvalue weighted by atomic mass is 10.1. The van der Waals surface area contributed by atoms with Gasteiger partial charge in [-0.05, 0) is 48.9 Å². The first-order valence-electron chi connectivity index (χ1n) is 9.71. The Labute approximate surface area is 185 Å². The van der Waals surface area contributed by atoms with Gasteiger partial charge < -0.3 is 10.6 Å². The summed E-state index contributed by atoms with van der Waals surface area (Å²) in [4.78, 5) is 25.7. The molecule has 0 unspecified atom stereocenters. The van der Waals surface area contributed by atoms with Crippen molar-refractivity contribution in [3.8, 4) is 11.3 Å². The zero-order valence-corrected chi connectivity index (χ0v) is 17.6. The second-order valence-corrected chi connectivity index (χ2v) is 7.14. The molecule has 154 valence electrons. The summed E-state index contributed by atoms with van der Waals surface area (Å²) in [5.41, 5.74) is 5.36. The molecule has 0 saturated heterocycles. The minimum Gasteiger partial charge on any atom is -0.324 e. The number of carbonyl (C=O) groups is 1. The Kier molecular flexibility index (Phi) is 6.19. The molecule has 0 bridgehead atoms. The molecule has 0 aliphatic rings. The molecule has 0 saturated carbocycles. The summed E-state index contributed by atoms with van der Waals surface area (Å²) in [5.74, 6) is 0.440. The minimum atomic E-state index is -0.198. The van der Waals surface area contributed by atoms with Gasteiger partial charge in [-0.3, -0.25) is 9.78 Å². The molecule has 0 radical (unpaired) electrons. The second kappa shape index (κ2) is 9.36. The Bertz CT molecular complexity index is 1200. The number of halogens is 1. The molecule has 4 rings (SSSR count). The van der Waals surface area contributed by atoms with Crippen LogP contribution in [-0.2, 0) is 5.88 Å². The van der Waals surface area contributed by atoms with Crippen LogP contribution in [0.15, 0.2) is 79.3 Å². The highest BCUT2D eigenvalue weighted by atomic mass is 35.5. The van der Waals surface area contributed by atoms with E-state index in [9.17, 15) is 4.79 Å². The summed E-state index contributed by atoms with van der Waals surface area (Å²) in [7, 11) is 0. The number of aryl methyl sites for hydroxylation is 1. The topological polar surface area (TPSA) is 79.8 Å². The van der Waals surface area contributed by atoms with Gasteiger partial charge in [-0.2, -0.15) is 0 Å². The zero-order valence-electron chi connectivity index (χ0n) is 16.8. The fourth-order valence-corrected chi connectivity index (χ4v) is 3.46. The Morgan fingerprint density at radius 1 is 1.00 bits per heavy atom. The second-order valence-electron chi connectivity index (χ2n) is 6.87. The maximum Gasteiger partial charge on any atom is 0.255 e. The molecule has 0 aliphatic heterocycles. The van der Waals surface area contributed by atoms with Crippen molar-refractivity contribution >= 4 is 34.8 Å². The monoisotopic (exact) mass is 429 g/mol. The third-order valence-corrected chi connectivity index (χ3v) is 5.06. The third-order valence-electron chi connectivity index (χ3n) is 4.79. The van der Waals surface area contributed by atoms with E-state index < -0.39 is 0 Å². The van der Waals surface area contributed by atoms with E-state index in [1.807, 2.05) is 55.5 Å². The number of alkyl halides is 1. The molecule has 2 aromatic heterocycles. The van der Waals surface area contributed by atoms with Gasteiger partial charge in [0.15, 0.2) is 0 Å². The lowest BCUT2D eigenvalue weighted by Gasteiger charge is -2.17. The molecular weight excluding hydrogens is 410 g/mol. The largest absolute Gasteiger partial charge is 0.324 e. The van der Waals surface area contributed by atoms with Crippen molar-refractivity contribution in [3.63, 3.8) is 0 Å². The van der Waals surface area contributed by atoms with Crippen molar-refractivity contribution < 1.29 is 4.79 Å². The maximum atomic E-state index is 12.6. The summed E-state index contributed by atoms with van der Waals surface area (Å²) >= 11 is 6.29. The maximum absolute atomic E-state index is 12.6. The van der Waals surface area contributed by atoms with E-state index in [1.54, 1.807) is 30.7 Å². The molecule has 4 aromatic rings. The lowest BCUT2D eigenvalue weighted by Crippen LogP contribution is -2.14. The number of hydrogen-bond acceptors (Lipinski definition) is 5. The smallest absolute Gasteiger partial charge is 0.255 e. The fraction of sp³-hybridized carbons (Fsp3) is 0.0833. The highest BCUT2D eigenvalue weighted by Crippen LogP contribution is 2.32. The van der Waals surface area contributed by atoms with Gasteiger partial charge in [0.2, 0.25) is 5.95 Å². The summed E-state index contributed by atoms with van der Waals surface area (Å²) in [6, 6.07) is 18.5. The van der Waals surface area contributed by atoms with Crippen molar-refractivity contribution in [2.45, 2.75) is 12.8 Å². The SMILES string of the molecule is Cc1ccc(NC(=O)c2ccccc2)c(CCl)c1Nc1nccc(-c2cccnc2)n1. The normalized spacial score (nSPS) is 10.5. The Morgan fingerprint density at radius 2 is 1.84 bits per heavy atom. The Morgan fingerprint density at radius 3 is 2.58 bits per heavy atom. The van der Waals surface area contributed by atoms with Gasteiger partial charge in [0.1, 0.15) is 0 Å². The van der Waals surface area contributed by atoms with E-state index in [2.05, 4.69) is 25.6 Å².